The van der Waals surface area contributed by atoms with Crippen molar-refractivity contribution in [3.8, 4) is 5.75 Å². The first-order valence-corrected chi connectivity index (χ1v) is 6.42. The molecule has 1 aliphatic rings. The topological polar surface area (TPSA) is 40.5 Å². The van der Waals surface area contributed by atoms with Gasteiger partial charge in [-0.25, -0.2) is 0 Å². The first-order valence-electron chi connectivity index (χ1n) is 5.63. The highest BCUT2D eigenvalue weighted by Crippen LogP contribution is 2.32. The van der Waals surface area contributed by atoms with E-state index in [0.29, 0.717) is 13.0 Å². The molecule has 1 aliphatic heterocycles. The molecular formula is C13H14BrNO2. The van der Waals surface area contributed by atoms with E-state index in [1.807, 2.05) is 13.0 Å². The lowest BCUT2D eigenvalue weighted by molar-refractivity contribution is -0.128. The van der Waals surface area contributed by atoms with E-state index in [4.69, 9.17) is 0 Å². The zero-order valence-electron chi connectivity index (χ0n) is 9.61. The predicted molar refractivity (Wildman–Crippen MR) is 70.4 cm³/mol. The molecule has 1 N–H and O–H groups in total. The van der Waals surface area contributed by atoms with E-state index >= 15 is 0 Å². The molecule has 1 aromatic carbocycles. The van der Waals surface area contributed by atoms with Crippen molar-refractivity contribution in [2.24, 2.45) is 0 Å². The Balaban J connectivity index is 2.44. The molecule has 0 atom stereocenters. The maximum Gasteiger partial charge on any atom is 0.227 e. The molecule has 1 heterocycles. The van der Waals surface area contributed by atoms with E-state index in [0.717, 1.165) is 22.2 Å². The molecule has 90 valence electrons. The van der Waals surface area contributed by atoms with Gasteiger partial charge in [-0.2, -0.15) is 0 Å². The van der Waals surface area contributed by atoms with Crippen LogP contribution in [0, 0.1) is 0 Å². The molecule has 0 radical (unpaired) electrons. The summed E-state index contributed by atoms with van der Waals surface area (Å²) < 4.78 is 0.803. The van der Waals surface area contributed by atoms with E-state index in [1.54, 1.807) is 17.0 Å². The molecule has 0 aromatic heterocycles. The van der Waals surface area contributed by atoms with Crippen LogP contribution in [-0.4, -0.2) is 22.5 Å². The molecular weight excluding hydrogens is 282 g/mol. The summed E-state index contributed by atoms with van der Waals surface area (Å²) in [6, 6.07) is 5.10. The number of halogens is 1. The van der Waals surface area contributed by atoms with Crippen molar-refractivity contribution >= 4 is 27.5 Å². The Morgan fingerprint density at radius 1 is 1.47 bits per heavy atom. The number of carbonyl (C=O) groups excluding carboxylic acids is 1. The molecule has 1 amide bonds. The van der Waals surface area contributed by atoms with Crippen molar-refractivity contribution in [1.29, 1.82) is 0 Å². The van der Waals surface area contributed by atoms with Gasteiger partial charge in [0.25, 0.3) is 0 Å². The Hall–Kier alpha value is -1.29. The molecule has 17 heavy (non-hydrogen) atoms. The number of amides is 1. The molecule has 0 saturated heterocycles. The summed E-state index contributed by atoms with van der Waals surface area (Å²) >= 11 is 3.42. The van der Waals surface area contributed by atoms with E-state index in [9.17, 15) is 9.90 Å². The van der Waals surface area contributed by atoms with Gasteiger partial charge < -0.3 is 10.0 Å². The van der Waals surface area contributed by atoms with Gasteiger partial charge in [0.2, 0.25) is 5.91 Å². The van der Waals surface area contributed by atoms with Crippen molar-refractivity contribution in [2.75, 3.05) is 6.54 Å². The lowest BCUT2D eigenvalue weighted by Crippen LogP contribution is -2.31. The highest BCUT2D eigenvalue weighted by Gasteiger charge is 2.22. The first kappa shape index (κ1) is 12.2. The molecule has 0 spiro atoms. The van der Waals surface area contributed by atoms with Gasteiger partial charge in [-0.15, -0.1) is 0 Å². The van der Waals surface area contributed by atoms with E-state index in [2.05, 4.69) is 22.0 Å². The van der Waals surface area contributed by atoms with Gasteiger partial charge >= 0.3 is 0 Å². The molecule has 1 aromatic rings. The van der Waals surface area contributed by atoms with Crippen LogP contribution in [0.5, 0.6) is 5.75 Å². The fourth-order valence-corrected chi connectivity index (χ4v) is 2.60. The number of phenolic OH excluding ortho intramolecular Hbond substituents is 1. The minimum Gasteiger partial charge on any atom is -0.508 e. The second-order valence-corrected chi connectivity index (χ2v) is 4.78. The predicted octanol–water partition coefficient (Wildman–Crippen LogP) is 3.14. The van der Waals surface area contributed by atoms with Crippen LogP contribution < -0.4 is 0 Å². The fraction of sp³-hybridized carbons (Fsp3) is 0.308. The number of hydrogen-bond donors (Lipinski definition) is 1. The van der Waals surface area contributed by atoms with Crippen LogP contribution in [0.1, 0.15) is 25.3 Å². The lowest BCUT2D eigenvalue weighted by Gasteiger charge is -2.28. The summed E-state index contributed by atoms with van der Waals surface area (Å²) in [6.07, 6.45) is 3.42. The number of benzene rings is 1. The summed E-state index contributed by atoms with van der Waals surface area (Å²) in [7, 11) is 0. The molecule has 2 rings (SSSR count). The van der Waals surface area contributed by atoms with E-state index < -0.39 is 0 Å². The Labute approximate surface area is 109 Å². The minimum atomic E-state index is 0.157. The average molecular weight is 296 g/mol. The van der Waals surface area contributed by atoms with Crippen LogP contribution in [0.3, 0.4) is 0 Å². The summed E-state index contributed by atoms with van der Waals surface area (Å²) in [5.41, 5.74) is 1.87. The van der Waals surface area contributed by atoms with Crippen LogP contribution >= 0.6 is 15.9 Å². The third-order valence-electron chi connectivity index (χ3n) is 2.83. The number of allylic oxidation sites excluding steroid dienone is 1. The highest BCUT2D eigenvalue weighted by atomic mass is 79.9. The molecule has 3 nitrogen and oxygen atoms in total. The van der Waals surface area contributed by atoms with Crippen molar-refractivity contribution in [3.05, 3.63) is 34.3 Å². The Morgan fingerprint density at radius 2 is 2.24 bits per heavy atom. The van der Waals surface area contributed by atoms with Crippen LogP contribution in [-0.2, 0) is 4.79 Å². The van der Waals surface area contributed by atoms with Gasteiger partial charge in [-0.05, 0) is 47.5 Å². The highest BCUT2D eigenvalue weighted by molar-refractivity contribution is 9.10. The third-order valence-corrected chi connectivity index (χ3v) is 3.49. The van der Waals surface area contributed by atoms with Crippen molar-refractivity contribution < 1.29 is 9.90 Å². The van der Waals surface area contributed by atoms with Gasteiger partial charge in [0, 0.05) is 28.7 Å². The first-order chi connectivity index (χ1) is 8.13. The zero-order valence-corrected chi connectivity index (χ0v) is 11.2. The SMILES string of the molecule is CCN1C(=O)CCC=C1c1ccc(O)cc1Br. The van der Waals surface area contributed by atoms with Gasteiger partial charge in [0.15, 0.2) is 0 Å². The van der Waals surface area contributed by atoms with Crippen LogP contribution in [0.25, 0.3) is 5.70 Å². The summed E-state index contributed by atoms with van der Waals surface area (Å²) in [4.78, 5) is 13.6. The molecule has 0 aliphatic carbocycles. The number of hydrogen-bond acceptors (Lipinski definition) is 2. The van der Waals surface area contributed by atoms with Crippen molar-refractivity contribution in [1.82, 2.24) is 4.90 Å². The van der Waals surface area contributed by atoms with Gasteiger partial charge in [0.1, 0.15) is 5.75 Å². The monoisotopic (exact) mass is 295 g/mol. The minimum absolute atomic E-state index is 0.157. The van der Waals surface area contributed by atoms with Crippen LogP contribution in [0.4, 0.5) is 0 Å². The van der Waals surface area contributed by atoms with Crippen LogP contribution in [0.2, 0.25) is 0 Å². The van der Waals surface area contributed by atoms with E-state index in [-0.39, 0.29) is 11.7 Å². The quantitative estimate of drug-likeness (QED) is 0.911. The third kappa shape index (κ3) is 2.36. The second-order valence-electron chi connectivity index (χ2n) is 3.93. The Morgan fingerprint density at radius 3 is 2.88 bits per heavy atom. The molecule has 0 unspecified atom stereocenters. The number of rotatable bonds is 2. The Kier molecular flexibility index (Phi) is 3.52. The van der Waals surface area contributed by atoms with Crippen molar-refractivity contribution in [3.63, 3.8) is 0 Å². The number of aromatic hydroxyl groups is 1. The molecule has 0 saturated carbocycles. The number of phenols is 1. The standard InChI is InChI=1S/C13H14BrNO2/c1-2-15-12(4-3-5-13(15)17)10-7-6-9(16)8-11(10)14/h4,6-8,16H,2-3,5H2,1H3. The maximum atomic E-state index is 11.8. The van der Waals surface area contributed by atoms with E-state index in [1.165, 1.54) is 0 Å². The zero-order chi connectivity index (χ0) is 12.4. The summed E-state index contributed by atoms with van der Waals surface area (Å²) in [5, 5.41) is 9.38. The Bertz CT molecular complexity index is 482. The lowest BCUT2D eigenvalue weighted by atomic mass is 10.0. The smallest absolute Gasteiger partial charge is 0.227 e. The normalized spacial score (nSPS) is 16.0. The summed E-state index contributed by atoms with van der Waals surface area (Å²) in [5.74, 6) is 0.372. The fourth-order valence-electron chi connectivity index (χ4n) is 2.03. The molecule has 0 bridgehead atoms. The van der Waals surface area contributed by atoms with Gasteiger partial charge in [-0.3, -0.25) is 4.79 Å². The molecule has 0 fully saturated rings. The average Bonchev–Trinajstić information content (AvgIpc) is 2.29. The second kappa shape index (κ2) is 4.92. The van der Waals surface area contributed by atoms with Crippen molar-refractivity contribution in [2.45, 2.75) is 19.8 Å². The summed E-state index contributed by atoms with van der Waals surface area (Å²) in [6.45, 7) is 2.63. The van der Waals surface area contributed by atoms with Gasteiger partial charge in [0.05, 0.1) is 0 Å². The number of nitrogens with zero attached hydrogens (tertiary/aromatic N) is 1. The molecule has 4 heteroatoms. The largest absolute Gasteiger partial charge is 0.508 e. The van der Waals surface area contributed by atoms with Crippen LogP contribution in [0.15, 0.2) is 28.7 Å². The number of carbonyl (C=O) groups is 1. The van der Waals surface area contributed by atoms with Gasteiger partial charge in [-0.1, -0.05) is 6.08 Å². The maximum absolute atomic E-state index is 11.8.